The van der Waals surface area contributed by atoms with Gasteiger partial charge in [-0.3, -0.25) is 0 Å². The van der Waals surface area contributed by atoms with Gasteiger partial charge in [-0.25, -0.2) is 14.8 Å². The van der Waals surface area contributed by atoms with E-state index in [4.69, 9.17) is 21.3 Å². The van der Waals surface area contributed by atoms with E-state index in [1.54, 1.807) is 11.1 Å². The fourth-order valence-electron chi connectivity index (χ4n) is 4.71. The molecule has 0 atom stereocenters. The number of hydrogen-bond donors (Lipinski definition) is 2. The molecular formula is C29H32ClN5O2. The molecule has 2 N–H and O–H groups in total. The summed E-state index contributed by atoms with van der Waals surface area (Å²) in [4.78, 5) is 27.1. The molecule has 0 radical (unpaired) electrons. The quantitative estimate of drug-likeness (QED) is 0.297. The second kappa shape index (κ2) is 10.4. The summed E-state index contributed by atoms with van der Waals surface area (Å²) in [5, 5.41) is 4.91. The van der Waals surface area contributed by atoms with Gasteiger partial charge in [0, 0.05) is 48.4 Å². The van der Waals surface area contributed by atoms with Crippen molar-refractivity contribution in [3.8, 4) is 11.3 Å². The number of halogens is 1. The molecule has 7 nitrogen and oxygen atoms in total. The number of nitrogens with zero attached hydrogens (tertiary/aromatic N) is 3. The average Bonchev–Trinajstić information content (AvgIpc) is 3.31. The van der Waals surface area contributed by atoms with Crippen LogP contribution in [-0.2, 0) is 11.3 Å². The molecule has 0 aliphatic carbocycles. The number of aromatic nitrogens is 3. The van der Waals surface area contributed by atoms with Crippen molar-refractivity contribution < 1.29 is 9.53 Å². The van der Waals surface area contributed by atoms with E-state index in [0.717, 1.165) is 46.6 Å². The molecule has 4 heterocycles. The number of amides is 1. The number of likely N-dealkylation sites (tertiary alicyclic amines) is 1. The molecule has 0 spiro atoms. The van der Waals surface area contributed by atoms with Gasteiger partial charge < -0.3 is 19.9 Å². The van der Waals surface area contributed by atoms with Gasteiger partial charge in [0.2, 0.25) is 0 Å². The molecule has 3 aromatic heterocycles. The van der Waals surface area contributed by atoms with Crippen molar-refractivity contribution >= 4 is 34.5 Å². The van der Waals surface area contributed by atoms with Gasteiger partial charge in [-0.1, -0.05) is 48.0 Å². The van der Waals surface area contributed by atoms with Gasteiger partial charge in [0.05, 0.1) is 10.7 Å². The molecule has 0 bridgehead atoms. The average molecular weight is 518 g/mol. The van der Waals surface area contributed by atoms with Crippen molar-refractivity contribution in [2.24, 2.45) is 0 Å². The third kappa shape index (κ3) is 5.88. The van der Waals surface area contributed by atoms with E-state index in [9.17, 15) is 4.79 Å². The number of fused-ring (bicyclic) bond motifs is 1. The molecule has 1 aromatic carbocycles. The molecule has 1 amide bonds. The van der Waals surface area contributed by atoms with Crippen LogP contribution in [0.1, 0.15) is 50.8 Å². The fourth-order valence-corrected chi connectivity index (χ4v) is 4.96. The summed E-state index contributed by atoms with van der Waals surface area (Å²) < 4.78 is 5.54. The number of anilines is 1. The Morgan fingerprint density at radius 1 is 1.14 bits per heavy atom. The normalized spacial score (nSPS) is 14.6. The fraction of sp³-hybridized carbons (Fsp3) is 0.345. The van der Waals surface area contributed by atoms with Gasteiger partial charge in [0.25, 0.3) is 0 Å². The van der Waals surface area contributed by atoms with Crippen molar-refractivity contribution in [2.45, 2.75) is 51.7 Å². The second-order valence-electron chi connectivity index (χ2n) is 10.5. The number of pyridine rings is 2. The maximum Gasteiger partial charge on any atom is 0.410 e. The van der Waals surface area contributed by atoms with Crippen LogP contribution in [-0.4, -0.2) is 44.6 Å². The van der Waals surface area contributed by atoms with Crippen LogP contribution in [0.15, 0.2) is 60.8 Å². The highest BCUT2D eigenvalue weighted by Crippen LogP contribution is 2.37. The second-order valence-corrected chi connectivity index (χ2v) is 10.9. The third-order valence-corrected chi connectivity index (χ3v) is 6.83. The Hall–Kier alpha value is -3.58. The first-order valence-corrected chi connectivity index (χ1v) is 13.0. The predicted octanol–water partition coefficient (Wildman–Crippen LogP) is 7.00. The zero-order chi connectivity index (χ0) is 26.0. The summed E-state index contributed by atoms with van der Waals surface area (Å²) in [5.74, 6) is 1.08. The summed E-state index contributed by atoms with van der Waals surface area (Å²) >= 11 is 6.67. The highest BCUT2D eigenvalue weighted by molar-refractivity contribution is 6.34. The van der Waals surface area contributed by atoms with Crippen molar-refractivity contribution in [1.29, 1.82) is 0 Å². The molecule has 1 fully saturated rings. The topological polar surface area (TPSA) is 83.1 Å². The number of piperidine rings is 1. The molecule has 8 heteroatoms. The van der Waals surface area contributed by atoms with Gasteiger partial charge >= 0.3 is 6.09 Å². The van der Waals surface area contributed by atoms with Crippen LogP contribution in [0.5, 0.6) is 0 Å². The van der Waals surface area contributed by atoms with Gasteiger partial charge in [0.1, 0.15) is 17.1 Å². The lowest BCUT2D eigenvalue weighted by molar-refractivity contribution is 0.0204. The number of carbonyl (C=O) groups is 1. The lowest BCUT2D eigenvalue weighted by Gasteiger charge is -2.33. The highest BCUT2D eigenvalue weighted by atomic mass is 35.5. The predicted molar refractivity (Wildman–Crippen MR) is 148 cm³/mol. The standard InChI is InChI=1S/C29H32ClN5O2/c1-29(2,3)37-28(36)35-14-12-20(13-15-35)24-16-21-26(22(30)18-32-27(21)34-24)23-10-7-11-25(33-23)31-17-19-8-5-4-6-9-19/h4-11,16,18,20H,12-15,17H2,1-3H3,(H,31,33)(H,32,34). The number of aromatic amines is 1. The number of carbonyl (C=O) groups excluding carboxylic acids is 1. The van der Waals surface area contributed by atoms with Crippen molar-refractivity contribution in [2.75, 3.05) is 18.4 Å². The SMILES string of the molecule is CC(C)(C)OC(=O)N1CCC(c2cc3c(-c4cccc(NCc5ccccc5)n4)c(Cl)cnc3[nH]2)CC1. The smallest absolute Gasteiger partial charge is 0.410 e. The maximum atomic E-state index is 12.5. The first-order valence-electron chi connectivity index (χ1n) is 12.7. The maximum absolute atomic E-state index is 12.5. The molecule has 192 valence electrons. The van der Waals surface area contributed by atoms with Crippen LogP contribution in [0.25, 0.3) is 22.3 Å². The third-order valence-electron chi connectivity index (χ3n) is 6.54. The molecule has 1 aliphatic rings. The Morgan fingerprint density at radius 3 is 2.62 bits per heavy atom. The van der Waals surface area contributed by atoms with E-state index in [-0.39, 0.29) is 6.09 Å². The highest BCUT2D eigenvalue weighted by Gasteiger charge is 2.28. The van der Waals surface area contributed by atoms with Gasteiger partial charge in [-0.05, 0) is 57.4 Å². The molecule has 1 saturated heterocycles. The van der Waals surface area contributed by atoms with Gasteiger partial charge in [-0.2, -0.15) is 0 Å². The van der Waals surface area contributed by atoms with Crippen LogP contribution < -0.4 is 5.32 Å². The Labute approximate surface area is 222 Å². The van der Waals surface area contributed by atoms with E-state index in [1.165, 1.54) is 5.56 Å². The molecule has 1 aliphatic heterocycles. The number of rotatable bonds is 5. The zero-order valence-electron chi connectivity index (χ0n) is 21.4. The number of nitrogens with one attached hydrogen (secondary N) is 2. The molecule has 0 saturated carbocycles. The van der Waals surface area contributed by atoms with E-state index < -0.39 is 5.60 Å². The molecule has 4 aromatic rings. The zero-order valence-corrected chi connectivity index (χ0v) is 22.2. The van der Waals surface area contributed by atoms with Crippen molar-refractivity contribution in [3.05, 3.63) is 77.1 Å². The molecule has 5 rings (SSSR count). The minimum atomic E-state index is -0.491. The van der Waals surface area contributed by atoms with Gasteiger partial charge in [-0.15, -0.1) is 0 Å². The lowest BCUT2D eigenvalue weighted by atomic mass is 9.93. The van der Waals surface area contributed by atoms with Crippen LogP contribution in [0.4, 0.5) is 10.6 Å². The summed E-state index contributed by atoms with van der Waals surface area (Å²) in [5.41, 5.74) is 4.24. The summed E-state index contributed by atoms with van der Waals surface area (Å²) in [6.07, 6.45) is 3.14. The number of H-pyrrole nitrogens is 1. The summed E-state index contributed by atoms with van der Waals surface area (Å²) in [6.45, 7) is 7.68. The van der Waals surface area contributed by atoms with Crippen LogP contribution in [0, 0.1) is 0 Å². The van der Waals surface area contributed by atoms with E-state index in [2.05, 4.69) is 33.5 Å². The first kappa shape index (κ1) is 25.1. The molecule has 0 unspecified atom stereocenters. The lowest BCUT2D eigenvalue weighted by Crippen LogP contribution is -2.41. The van der Waals surface area contributed by atoms with Gasteiger partial charge in [0.15, 0.2) is 0 Å². The minimum Gasteiger partial charge on any atom is -0.444 e. The minimum absolute atomic E-state index is 0.245. The molecule has 37 heavy (non-hydrogen) atoms. The number of benzene rings is 1. The monoisotopic (exact) mass is 517 g/mol. The number of hydrogen-bond acceptors (Lipinski definition) is 5. The summed E-state index contributed by atoms with van der Waals surface area (Å²) in [6, 6.07) is 18.3. The Balaban J connectivity index is 1.35. The largest absolute Gasteiger partial charge is 0.444 e. The van der Waals surface area contributed by atoms with E-state index >= 15 is 0 Å². The number of ether oxygens (including phenoxy) is 1. The van der Waals surface area contributed by atoms with Crippen molar-refractivity contribution in [1.82, 2.24) is 19.9 Å². The van der Waals surface area contributed by atoms with Crippen molar-refractivity contribution in [3.63, 3.8) is 0 Å². The Morgan fingerprint density at radius 2 is 1.89 bits per heavy atom. The molecular weight excluding hydrogens is 486 g/mol. The Bertz CT molecular complexity index is 1390. The van der Waals surface area contributed by atoms with E-state index in [0.29, 0.717) is 30.6 Å². The van der Waals surface area contributed by atoms with Crippen LogP contribution in [0.2, 0.25) is 5.02 Å². The van der Waals surface area contributed by atoms with Crippen LogP contribution in [0.3, 0.4) is 0 Å². The summed E-state index contributed by atoms with van der Waals surface area (Å²) in [7, 11) is 0. The Kier molecular flexibility index (Phi) is 7.07. The van der Waals surface area contributed by atoms with Crippen LogP contribution >= 0.6 is 11.6 Å². The first-order chi connectivity index (χ1) is 17.8. The van der Waals surface area contributed by atoms with E-state index in [1.807, 2.05) is 57.2 Å².